The molecule has 2 aromatic heterocycles. The number of nitro groups is 1. The molecule has 20 heavy (non-hydrogen) atoms. The van der Waals surface area contributed by atoms with Crippen molar-refractivity contribution in [2.24, 2.45) is 0 Å². The lowest BCUT2D eigenvalue weighted by molar-refractivity contribution is -0.383. The minimum absolute atomic E-state index is 0.0823. The highest BCUT2D eigenvalue weighted by Gasteiger charge is 2.18. The number of hydrogen-bond acceptors (Lipinski definition) is 5. The highest BCUT2D eigenvalue weighted by molar-refractivity contribution is 5.68. The van der Waals surface area contributed by atoms with E-state index in [4.69, 9.17) is 4.74 Å². The van der Waals surface area contributed by atoms with Crippen molar-refractivity contribution in [1.82, 2.24) is 14.6 Å². The van der Waals surface area contributed by atoms with Crippen LogP contribution < -0.4 is 4.74 Å². The molecule has 0 saturated heterocycles. The topological polar surface area (TPSA) is 82.6 Å². The Kier molecular flexibility index (Phi) is 2.79. The van der Waals surface area contributed by atoms with Gasteiger partial charge in [0.1, 0.15) is 5.75 Å². The average molecular weight is 270 g/mol. The van der Waals surface area contributed by atoms with Crippen LogP contribution in [0.3, 0.4) is 0 Å². The molecular weight excluding hydrogens is 260 g/mol. The maximum atomic E-state index is 11.0. The predicted molar refractivity (Wildman–Crippen MR) is 71.6 cm³/mol. The molecule has 0 spiro atoms. The lowest BCUT2D eigenvalue weighted by Crippen LogP contribution is -1.93. The summed E-state index contributed by atoms with van der Waals surface area (Å²) < 4.78 is 6.64. The van der Waals surface area contributed by atoms with Crippen molar-refractivity contribution in [1.29, 1.82) is 0 Å². The van der Waals surface area contributed by atoms with E-state index in [-0.39, 0.29) is 11.3 Å². The van der Waals surface area contributed by atoms with Crippen LogP contribution in [0.1, 0.15) is 0 Å². The van der Waals surface area contributed by atoms with Crippen molar-refractivity contribution in [3.63, 3.8) is 0 Å². The summed E-state index contributed by atoms with van der Waals surface area (Å²) in [5.74, 6) is 1.00. The van der Waals surface area contributed by atoms with E-state index in [1.165, 1.54) is 10.6 Å². The fraction of sp³-hybridized carbons (Fsp3) is 0.0769. The number of ether oxygens (including phenoxy) is 1. The number of nitrogens with zero attached hydrogens (tertiary/aromatic N) is 4. The van der Waals surface area contributed by atoms with Crippen LogP contribution in [-0.2, 0) is 0 Å². The van der Waals surface area contributed by atoms with Gasteiger partial charge in [0.15, 0.2) is 5.82 Å². The lowest BCUT2D eigenvalue weighted by atomic mass is 10.2. The van der Waals surface area contributed by atoms with Crippen molar-refractivity contribution >= 4 is 11.3 Å². The molecule has 0 aliphatic heterocycles. The minimum Gasteiger partial charge on any atom is -0.496 e. The van der Waals surface area contributed by atoms with Crippen LogP contribution in [0.5, 0.6) is 5.75 Å². The first-order chi connectivity index (χ1) is 9.70. The Morgan fingerprint density at radius 2 is 2.05 bits per heavy atom. The third kappa shape index (κ3) is 1.85. The summed E-state index contributed by atoms with van der Waals surface area (Å²) in [4.78, 5) is 14.8. The van der Waals surface area contributed by atoms with Crippen molar-refractivity contribution < 1.29 is 9.66 Å². The van der Waals surface area contributed by atoms with Crippen LogP contribution in [-0.4, -0.2) is 26.6 Å². The van der Waals surface area contributed by atoms with Gasteiger partial charge >= 0.3 is 5.69 Å². The molecule has 0 unspecified atom stereocenters. The van der Waals surface area contributed by atoms with Crippen LogP contribution in [0, 0.1) is 10.1 Å². The maximum Gasteiger partial charge on any atom is 0.313 e. The zero-order chi connectivity index (χ0) is 14.1. The van der Waals surface area contributed by atoms with Gasteiger partial charge in [-0.05, 0) is 18.2 Å². The van der Waals surface area contributed by atoms with Gasteiger partial charge in [0, 0.05) is 12.3 Å². The Bertz CT molecular complexity index is 797. The van der Waals surface area contributed by atoms with Crippen molar-refractivity contribution in [3.8, 4) is 17.1 Å². The highest BCUT2D eigenvalue weighted by Crippen LogP contribution is 2.28. The van der Waals surface area contributed by atoms with Crippen molar-refractivity contribution in [2.45, 2.75) is 0 Å². The van der Waals surface area contributed by atoms with Gasteiger partial charge in [0.25, 0.3) is 0 Å². The Morgan fingerprint density at radius 3 is 2.80 bits per heavy atom. The number of aromatic nitrogens is 3. The van der Waals surface area contributed by atoms with Crippen molar-refractivity contribution in [3.05, 3.63) is 52.7 Å². The SMILES string of the molecule is COc1ccccc1-c1nc2c([N+](=O)[O-])cccn2n1. The summed E-state index contributed by atoms with van der Waals surface area (Å²) in [6.07, 6.45) is 1.62. The fourth-order valence-electron chi connectivity index (χ4n) is 1.98. The summed E-state index contributed by atoms with van der Waals surface area (Å²) in [6.45, 7) is 0. The number of rotatable bonds is 3. The molecular formula is C13H10N4O3. The molecule has 0 saturated carbocycles. The summed E-state index contributed by atoms with van der Waals surface area (Å²) >= 11 is 0. The molecule has 0 aliphatic carbocycles. The fourth-order valence-corrected chi connectivity index (χ4v) is 1.98. The Morgan fingerprint density at radius 1 is 1.25 bits per heavy atom. The molecule has 0 amide bonds. The first kappa shape index (κ1) is 12.1. The van der Waals surface area contributed by atoms with Crippen LogP contribution in [0.15, 0.2) is 42.6 Å². The number of benzene rings is 1. The van der Waals surface area contributed by atoms with Crippen molar-refractivity contribution in [2.75, 3.05) is 7.11 Å². The third-order valence-electron chi connectivity index (χ3n) is 2.89. The van der Waals surface area contributed by atoms with Gasteiger partial charge < -0.3 is 4.74 Å². The van der Waals surface area contributed by atoms with Gasteiger partial charge in [-0.15, -0.1) is 5.10 Å². The molecule has 3 aromatic rings. The highest BCUT2D eigenvalue weighted by atomic mass is 16.6. The smallest absolute Gasteiger partial charge is 0.313 e. The van der Waals surface area contributed by atoms with Gasteiger partial charge in [-0.2, -0.15) is 0 Å². The van der Waals surface area contributed by atoms with E-state index < -0.39 is 4.92 Å². The Hall–Kier alpha value is -2.96. The molecule has 3 rings (SSSR count). The monoisotopic (exact) mass is 270 g/mol. The number of pyridine rings is 1. The molecule has 100 valence electrons. The second kappa shape index (κ2) is 4.61. The second-order valence-electron chi connectivity index (χ2n) is 4.05. The summed E-state index contributed by atoms with van der Waals surface area (Å²) in [6, 6.07) is 10.2. The van der Waals surface area contributed by atoms with E-state index in [1.807, 2.05) is 12.1 Å². The number of hydrogen-bond donors (Lipinski definition) is 0. The summed E-state index contributed by atoms with van der Waals surface area (Å²) in [7, 11) is 1.55. The van der Waals surface area contributed by atoms with Gasteiger partial charge in [-0.25, -0.2) is 9.50 Å². The molecule has 1 aromatic carbocycles. The molecule has 0 bridgehead atoms. The van der Waals surface area contributed by atoms with Crippen LogP contribution >= 0.6 is 0 Å². The van der Waals surface area contributed by atoms with E-state index in [2.05, 4.69) is 10.1 Å². The standard InChI is InChI=1S/C13H10N4O3/c1-20-11-7-3-2-5-9(11)12-14-13-10(17(18)19)6-4-8-16(13)15-12/h2-8H,1H3. The molecule has 7 nitrogen and oxygen atoms in total. The van der Waals surface area contributed by atoms with Crippen LogP contribution in [0.2, 0.25) is 0 Å². The molecule has 0 atom stereocenters. The average Bonchev–Trinajstić information content (AvgIpc) is 2.90. The number of methoxy groups -OCH3 is 1. The summed E-state index contributed by atoms with van der Waals surface area (Å²) in [5, 5.41) is 15.2. The van der Waals surface area contributed by atoms with E-state index in [0.29, 0.717) is 17.1 Å². The van der Waals surface area contributed by atoms with E-state index in [9.17, 15) is 10.1 Å². The molecule has 0 radical (unpaired) electrons. The molecule has 0 aliphatic rings. The molecule has 2 heterocycles. The molecule has 0 fully saturated rings. The number of fused-ring (bicyclic) bond motifs is 1. The van der Waals surface area contributed by atoms with Gasteiger partial charge in [0.2, 0.25) is 5.65 Å². The van der Waals surface area contributed by atoms with Crippen LogP contribution in [0.4, 0.5) is 5.69 Å². The first-order valence-corrected chi connectivity index (χ1v) is 5.84. The summed E-state index contributed by atoms with van der Waals surface area (Å²) in [5.41, 5.74) is 0.813. The third-order valence-corrected chi connectivity index (χ3v) is 2.89. The zero-order valence-electron chi connectivity index (χ0n) is 10.6. The maximum absolute atomic E-state index is 11.0. The Labute approximate surface area is 113 Å². The minimum atomic E-state index is -0.476. The largest absolute Gasteiger partial charge is 0.496 e. The normalized spacial score (nSPS) is 10.7. The van der Waals surface area contributed by atoms with Crippen LogP contribution in [0.25, 0.3) is 17.0 Å². The van der Waals surface area contributed by atoms with E-state index >= 15 is 0 Å². The first-order valence-electron chi connectivity index (χ1n) is 5.84. The predicted octanol–water partition coefficient (Wildman–Crippen LogP) is 2.31. The molecule has 7 heteroatoms. The van der Waals surface area contributed by atoms with Gasteiger partial charge in [-0.1, -0.05) is 12.1 Å². The zero-order valence-corrected chi connectivity index (χ0v) is 10.6. The van der Waals surface area contributed by atoms with Gasteiger partial charge in [0.05, 0.1) is 17.6 Å². The quantitative estimate of drug-likeness (QED) is 0.538. The van der Waals surface area contributed by atoms with E-state index in [0.717, 1.165) is 0 Å². The number of para-hydroxylation sites is 1. The Balaban J connectivity index is 2.23. The van der Waals surface area contributed by atoms with Gasteiger partial charge in [-0.3, -0.25) is 10.1 Å². The molecule has 0 N–H and O–H groups in total. The second-order valence-corrected chi connectivity index (χ2v) is 4.05. The lowest BCUT2D eigenvalue weighted by Gasteiger charge is -2.03. The van der Waals surface area contributed by atoms with E-state index in [1.54, 1.807) is 31.5 Å².